The Labute approximate surface area is 62.6 Å². The SMILES string of the molecule is CC(C)(O)CNCC1CC1. The van der Waals surface area contributed by atoms with Crippen LogP contribution in [0.4, 0.5) is 0 Å². The third-order valence-electron chi connectivity index (χ3n) is 1.69. The molecule has 0 amide bonds. The van der Waals surface area contributed by atoms with Crippen LogP contribution in [-0.4, -0.2) is 23.8 Å². The van der Waals surface area contributed by atoms with Gasteiger partial charge >= 0.3 is 0 Å². The average Bonchev–Trinajstić information content (AvgIpc) is 2.45. The van der Waals surface area contributed by atoms with Crippen LogP contribution in [0.1, 0.15) is 26.7 Å². The molecule has 0 unspecified atom stereocenters. The van der Waals surface area contributed by atoms with Crippen molar-refractivity contribution in [2.75, 3.05) is 13.1 Å². The van der Waals surface area contributed by atoms with Crippen molar-refractivity contribution in [3.63, 3.8) is 0 Å². The molecule has 1 aliphatic rings. The molecule has 1 saturated carbocycles. The van der Waals surface area contributed by atoms with Gasteiger partial charge in [0.15, 0.2) is 0 Å². The second kappa shape index (κ2) is 2.89. The highest BCUT2D eigenvalue weighted by Crippen LogP contribution is 2.27. The molecule has 0 aromatic heterocycles. The summed E-state index contributed by atoms with van der Waals surface area (Å²) in [5.74, 6) is 0.905. The van der Waals surface area contributed by atoms with Gasteiger partial charge in [-0.2, -0.15) is 0 Å². The van der Waals surface area contributed by atoms with Crippen molar-refractivity contribution in [3.8, 4) is 0 Å². The lowest BCUT2D eigenvalue weighted by molar-refractivity contribution is 0.0797. The second-order valence-electron chi connectivity index (χ2n) is 3.89. The van der Waals surface area contributed by atoms with Gasteiger partial charge < -0.3 is 10.4 Å². The minimum atomic E-state index is -0.547. The Morgan fingerprint density at radius 3 is 2.50 bits per heavy atom. The van der Waals surface area contributed by atoms with Gasteiger partial charge in [0.2, 0.25) is 0 Å². The van der Waals surface area contributed by atoms with E-state index in [4.69, 9.17) is 0 Å². The van der Waals surface area contributed by atoms with Crippen LogP contribution in [0.15, 0.2) is 0 Å². The maximum Gasteiger partial charge on any atom is 0.0715 e. The fourth-order valence-corrected chi connectivity index (χ4v) is 0.904. The summed E-state index contributed by atoms with van der Waals surface area (Å²) in [6.07, 6.45) is 2.75. The topological polar surface area (TPSA) is 32.3 Å². The molecule has 1 rings (SSSR count). The molecule has 1 aliphatic carbocycles. The van der Waals surface area contributed by atoms with Gasteiger partial charge in [-0.05, 0) is 39.2 Å². The predicted octanol–water partition coefficient (Wildman–Crippen LogP) is 0.757. The number of hydrogen-bond donors (Lipinski definition) is 2. The third-order valence-corrected chi connectivity index (χ3v) is 1.69. The zero-order valence-corrected chi connectivity index (χ0v) is 6.85. The highest BCUT2D eigenvalue weighted by Gasteiger charge is 2.21. The van der Waals surface area contributed by atoms with E-state index in [-0.39, 0.29) is 0 Å². The summed E-state index contributed by atoms with van der Waals surface area (Å²) in [6, 6.07) is 0. The fourth-order valence-electron chi connectivity index (χ4n) is 0.904. The van der Waals surface area contributed by atoms with E-state index < -0.39 is 5.60 Å². The first-order valence-electron chi connectivity index (χ1n) is 4.01. The molecule has 0 atom stereocenters. The van der Waals surface area contributed by atoms with Crippen LogP contribution >= 0.6 is 0 Å². The Morgan fingerprint density at radius 1 is 1.50 bits per heavy atom. The molecule has 60 valence electrons. The van der Waals surface area contributed by atoms with E-state index >= 15 is 0 Å². The summed E-state index contributed by atoms with van der Waals surface area (Å²) in [5, 5.41) is 12.5. The minimum absolute atomic E-state index is 0.547. The maximum atomic E-state index is 9.29. The van der Waals surface area contributed by atoms with Crippen LogP contribution in [-0.2, 0) is 0 Å². The van der Waals surface area contributed by atoms with Gasteiger partial charge in [-0.15, -0.1) is 0 Å². The van der Waals surface area contributed by atoms with Gasteiger partial charge in [0, 0.05) is 6.54 Å². The van der Waals surface area contributed by atoms with Crippen LogP contribution in [0.3, 0.4) is 0 Å². The molecule has 0 bridgehead atoms. The van der Waals surface area contributed by atoms with E-state index in [9.17, 15) is 5.11 Å². The minimum Gasteiger partial charge on any atom is -0.389 e. The predicted molar refractivity (Wildman–Crippen MR) is 41.9 cm³/mol. The number of aliphatic hydroxyl groups is 1. The van der Waals surface area contributed by atoms with Crippen LogP contribution in [0.2, 0.25) is 0 Å². The zero-order chi connectivity index (χ0) is 7.61. The van der Waals surface area contributed by atoms with Crippen molar-refractivity contribution >= 4 is 0 Å². The molecule has 2 N–H and O–H groups in total. The molecule has 2 heteroatoms. The summed E-state index contributed by atoms with van der Waals surface area (Å²) >= 11 is 0. The van der Waals surface area contributed by atoms with Crippen molar-refractivity contribution in [2.45, 2.75) is 32.3 Å². The molecular formula is C8H17NO. The molecule has 0 heterocycles. The average molecular weight is 143 g/mol. The van der Waals surface area contributed by atoms with E-state index in [2.05, 4.69) is 5.32 Å². The molecule has 0 aromatic carbocycles. The van der Waals surface area contributed by atoms with Crippen molar-refractivity contribution in [1.82, 2.24) is 5.32 Å². The monoisotopic (exact) mass is 143 g/mol. The molecule has 10 heavy (non-hydrogen) atoms. The van der Waals surface area contributed by atoms with Crippen LogP contribution < -0.4 is 5.32 Å². The van der Waals surface area contributed by atoms with Crippen molar-refractivity contribution < 1.29 is 5.11 Å². The van der Waals surface area contributed by atoms with Gasteiger partial charge in [-0.1, -0.05) is 0 Å². The van der Waals surface area contributed by atoms with E-state index in [0.29, 0.717) is 6.54 Å². The van der Waals surface area contributed by atoms with E-state index in [1.54, 1.807) is 0 Å². The molecule has 1 fully saturated rings. The van der Waals surface area contributed by atoms with Crippen LogP contribution in [0, 0.1) is 5.92 Å². The Balaban J connectivity index is 1.93. The van der Waals surface area contributed by atoms with Crippen molar-refractivity contribution in [1.29, 1.82) is 0 Å². The van der Waals surface area contributed by atoms with Gasteiger partial charge in [0.1, 0.15) is 0 Å². The van der Waals surface area contributed by atoms with Crippen molar-refractivity contribution in [3.05, 3.63) is 0 Å². The molecule has 0 saturated heterocycles. The lowest BCUT2D eigenvalue weighted by Crippen LogP contribution is -2.35. The maximum absolute atomic E-state index is 9.29. The Morgan fingerprint density at radius 2 is 2.10 bits per heavy atom. The normalized spacial score (nSPS) is 19.5. The molecule has 0 radical (unpaired) electrons. The lowest BCUT2D eigenvalue weighted by Gasteiger charge is -2.17. The van der Waals surface area contributed by atoms with E-state index in [1.165, 1.54) is 12.8 Å². The summed E-state index contributed by atoms with van der Waals surface area (Å²) in [5.41, 5.74) is -0.547. The fraction of sp³-hybridized carbons (Fsp3) is 1.00. The van der Waals surface area contributed by atoms with E-state index in [1.807, 2.05) is 13.8 Å². The first-order chi connectivity index (χ1) is 4.58. The molecular weight excluding hydrogens is 126 g/mol. The third kappa shape index (κ3) is 3.85. The van der Waals surface area contributed by atoms with Crippen LogP contribution in [0.25, 0.3) is 0 Å². The van der Waals surface area contributed by atoms with Crippen LogP contribution in [0.5, 0.6) is 0 Å². The second-order valence-corrected chi connectivity index (χ2v) is 3.89. The number of hydrogen-bond acceptors (Lipinski definition) is 2. The van der Waals surface area contributed by atoms with Gasteiger partial charge in [0.25, 0.3) is 0 Å². The largest absolute Gasteiger partial charge is 0.389 e. The standard InChI is InChI=1S/C8H17NO/c1-8(2,10)6-9-5-7-3-4-7/h7,9-10H,3-6H2,1-2H3. The number of rotatable bonds is 4. The molecule has 0 aliphatic heterocycles. The summed E-state index contributed by atoms with van der Waals surface area (Å²) in [7, 11) is 0. The van der Waals surface area contributed by atoms with Crippen molar-refractivity contribution in [2.24, 2.45) is 5.92 Å². The highest BCUT2D eigenvalue weighted by atomic mass is 16.3. The molecule has 0 spiro atoms. The molecule has 0 aromatic rings. The Bertz CT molecular complexity index is 102. The Kier molecular flexibility index (Phi) is 2.32. The number of nitrogens with one attached hydrogen (secondary N) is 1. The highest BCUT2D eigenvalue weighted by molar-refractivity contribution is 4.77. The lowest BCUT2D eigenvalue weighted by atomic mass is 10.1. The summed E-state index contributed by atoms with van der Waals surface area (Å²) < 4.78 is 0. The van der Waals surface area contributed by atoms with Gasteiger partial charge in [-0.3, -0.25) is 0 Å². The van der Waals surface area contributed by atoms with E-state index in [0.717, 1.165) is 12.5 Å². The zero-order valence-electron chi connectivity index (χ0n) is 6.85. The smallest absolute Gasteiger partial charge is 0.0715 e. The first kappa shape index (κ1) is 8.02. The van der Waals surface area contributed by atoms with Gasteiger partial charge in [0.05, 0.1) is 5.60 Å². The summed E-state index contributed by atoms with van der Waals surface area (Å²) in [6.45, 7) is 5.45. The molecule has 2 nitrogen and oxygen atoms in total. The quantitative estimate of drug-likeness (QED) is 0.609. The van der Waals surface area contributed by atoms with Gasteiger partial charge in [-0.25, -0.2) is 0 Å². The Hall–Kier alpha value is -0.0800. The first-order valence-corrected chi connectivity index (χ1v) is 4.01. The summed E-state index contributed by atoms with van der Waals surface area (Å²) in [4.78, 5) is 0.